The van der Waals surface area contributed by atoms with Crippen LogP contribution in [0.25, 0.3) is 10.9 Å². The van der Waals surface area contributed by atoms with E-state index in [2.05, 4.69) is 22.5 Å². The Bertz CT molecular complexity index is 1400. The van der Waals surface area contributed by atoms with Crippen molar-refractivity contribution in [2.24, 2.45) is 0 Å². The quantitative estimate of drug-likeness (QED) is 0.208. The SMILES string of the molecule is COc1cc(NC(C)CCCN(Cc2ccc(F)cc2)C(=O)Nc2ccc(Cl)cc2Cl)c2ncccc2c1. The van der Waals surface area contributed by atoms with Crippen LogP contribution in [-0.4, -0.2) is 35.6 Å². The number of hydrogen-bond acceptors (Lipinski definition) is 4. The second kappa shape index (κ2) is 12.8. The van der Waals surface area contributed by atoms with Gasteiger partial charge in [0, 0.05) is 41.8 Å². The minimum absolute atomic E-state index is 0.105. The number of hydrogen-bond donors (Lipinski definition) is 2. The number of carbonyl (C=O) groups excluding carboxylic acids is 1. The first-order valence-corrected chi connectivity index (χ1v) is 13.0. The second-order valence-corrected chi connectivity index (χ2v) is 9.88. The van der Waals surface area contributed by atoms with E-state index in [1.807, 2.05) is 24.3 Å². The Morgan fingerprint density at radius 1 is 1.08 bits per heavy atom. The summed E-state index contributed by atoms with van der Waals surface area (Å²) in [6, 6.07) is 18.6. The van der Waals surface area contributed by atoms with Crippen LogP contribution in [0.15, 0.2) is 72.9 Å². The number of fused-ring (bicyclic) bond motifs is 1. The summed E-state index contributed by atoms with van der Waals surface area (Å²) in [4.78, 5) is 19.4. The molecule has 1 atom stereocenters. The Labute approximate surface area is 231 Å². The minimum atomic E-state index is -0.322. The number of pyridine rings is 1. The molecule has 0 fully saturated rings. The Hall–Kier alpha value is -3.55. The van der Waals surface area contributed by atoms with Gasteiger partial charge in [-0.05, 0) is 67.8 Å². The lowest BCUT2D eigenvalue weighted by Crippen LogP contribution is -2.35. The standard InChI is InChI=1S/C29H29Cl2FN4O2/c1-19(34-27-17-24(38-2)15-21-6-3-13-33-28(21)27)5-4-14-36(18-20-7-10-23(32)11-8-20)29(37)35-26-12-9-22(30)16-25(26)31/h3,6-13,15-17,19,34H,4-5,14,18H2,1-2H3,(H,35,37). The monoisotopic (exact) mass is 554 g/mol. The fourth-order valence-corrected chi connectivity index (χ4v) is 4.62. The average Bonchev–Trinajstić information content (AvgIpc) is 2.90. The lowest BCUT2D eigenvalue weighted by atomic mass is 10.1. The lowest BCUT2D eigenvalue weighted by molar-refractivity contribution is 0.207. The van der Waals surface area contributed by atoms with Crippen LogP contribution in [0.4, 0.5) is 20.6 Å². The molecule has 0 saturated heterocycles. The van der Waals surface area contributed by atoms with E-state index in [0.29, 0.717) is 28.8 Å². The third-order valence-corrected chi connectivity index (χ3v) is 6.68. The molecule has 0 aliphatic rings. The highest BCUT2D eigenvalue weighted by atomic mass is 35.5. The molecule has 1 heterocycles. The van der Waals surface area contributed by atoms with Crippen molar-refractivity contribution < 1.29 is 13.9 Å². The van der Waals surface area contributed by atoms with Crippen molar-refractivity contribution in [3.8, 4) is 5.75 Å². The first-order chi connectivity index (χ1) is 18.3. The van der Waals surface area contributed by atoms with Crippen molar-refractivity contribution in [1.29, 1.82) is 0 Å². The molecule has 38 heavy (non-hydrogen) atoms. The highest BCUT2D eigenvalue weighted by Crippen LogP contribution is 2.29. The number of nitrogens with zero attached hydrogens (tertiary/aromatic N) is 2. The van der Waals surface area contributed by atoms with E-state index < -0.39 is 0 Å². The summed E-state index contributed by atoms with van der Waals surface area (Å²) in [5.41, 5.74) is 3.06. The van der Waals surface area contributed by atoms with Gasteiger partial charge in [-0.15, -0.1) is 0 Å². The predicted octanol–water partition coefficient (Wildman–Crippen LogP) is 8.00. The normalized spacial score (nSPS) is 11.7. The van der Waals surface area contributed by atoms with Gasteiger partial charge in [-0.3, -0.25) is 4.98 Å². The van der Waals surface area contributed by atoms with E-state index in [0.717, 1.165) is 40.7 Å². The summed E-state index contributed by atoms with van der Waals surface area (Å²) in [6.07, 6.45) is 3.29. The van der Waals surface area contributed by atoms with Crippen molar-refractivity contribution in [2.75, 3.05) is 24.3 Å². The Morgan fingerprint density at radius 2 is 1.87 bits per heavy atom. The molecule has 6 nitrogen and oxygen atoms in total. The summed E-state index contributed by atoms with van der Waals surface area (Å²) in [5, 5.41) is 8.23. The van der Waals surface area contributed by atoms with E-state index in [9.17, 15) is 9.18 Å². The molecule has 4 aromatic rings. The molecule has 0 bridgehead atoms. The molecule has 198 valence electrons. The Morgan fingerprint density at radius 3 is 2.61 bits per heavy atom. The molecular formula is C29H29Cl2FN4O2. The number of methoxy groups -OCH3 is 1. The number of carbonyl (C=O) groups is 1. The van der Waals surface area contributed by atoms with Gasteiger partial charge < -0.3 is 20.3 Å². The average molecular weight is 555 g/mol. The predicted molar refractivity (Wildman–Crippen MR) is 153 cm³/mol. The summed E-state index contributed by atoms with van der Waals surface area (Å²) in [6.45, 7) is 2.90. The zero-order chi connectivity index (χ0) is 27.1. The van der Waals surface area contributed by atoms with Gasteiger partial charge in [0.25, 0.3) is 0 Å². The summed E-state index contributed by atoms with van der Waals surface area (Å²) < 4.78 is 18.9. The molecule has 2 N–H and O–H groups in total. The Balaban J connectivity index is 1.43. The topological polar surface area (TPSA) is 66.5 Å². The molecule has 4 rings (SSSR count). The van der Waals surface area contributed by atoms with Crippen LogP contribution in [0.2, 0.25) is 10.0 Å². The van der Waals surface area contributed by atoms with Crippen molar-refractivity contribution >= 4 is 51.5 Å². The molecule has 1 unspecified atom stereocenters. The molecule has 9 heteroatoms. The molecule has 0 radical (unpaired) electrons. The maximum absolute atomic E-state index is 13.4. The highest BCUT2D eigenvalue weighted by molar-refractivity contribution is 6.36. The van der Waals surface area contributed by atoms with E-state index in [1.54, 1.807) is 48.5 Å². The zero-order valence-corrected chi connectivity index (χ0v) is 22.7. The number of ether oxygens (including phenoxy) is 1. The maximum atomic E-state index is 13.4. The third kappa shape index (κ3) is 7.27. The van der Waals surface area contributed by atoms with Gasteiger partial charge in [-0.1, -0.05) is 41.4 Å². The van der Waals surface area contributed by atoms with Gasteiger partial charge in [0.1, 0.15) is 11.6 Å². The summed E-state index contributed by atoms with van der Waals surface area (Å²) in [7, 11) is 1.64. The fourth-order valence-electron chi connectivity index (χ4n) is 4.17. The van der Waals surface area contributed by atoms with E-state index in [1.165, 1.54) is 12.1 Å². The minimum Gasteiger partial charge on any atom is -0.497 e. The fraction of sp³-hybridized carbons (Fsp3) is 0.241. The van der Waals surface area contributed by atoms with Gasteiger partial charge in [-0.25, -0.2) is 9.18 Å². The van der Waals surface area contributed by atoms with Gasteiger partial charge in [-0.2, -0.15) is 0 Å². The molecule has 1 aromatic heterocycles. The van der Waals surface area contributed by atoms with E-state index >= 15 is 0 Å². The zero-order valence-electron chi connectivity index (χ0n) is 21.2. The van der Waals surface area contributed by atoms with Gasteiger partial charge in [0.2, 0.25) is 0 Å². The van der Waals surface area contributed by atoms with Gasteiger partial charge in [0.15, 0.2) is 0 Å². The molecule has 3 aromatic carbocycles. The molecule has 0 spiro atoms. The van der Waals surface area contributed by atoms with Gasteiger partial charge >= 0.3 is 6.03 Å². The first-order valence-electron chi connectivity index (χ1n) is 12.3. The number of aromatic nitrogens is 1. The number of urea groups is 1. The Kier molecular flexibility index (Phi) is 9.26. The highest BCUT2D eigenvalue weighted by Gasteiger charge is 2.17. The molecule has 0 saturated carbocycles. The number of nitrogens with one attached hydrogen (secondary N) is 2. The molecule has 0 aliphatic carbocycles. The maximum Gasteiger partial charge on any atom is 0.322 e. The number of halogens is 3. The largest absolute Gasteiger partial charge is 0.497 e. The van der Waals surface area contributed by atoms with Crippen molar-refractivity contribution in [3.63, 3.8) is 0 Å². The van der Waals surface area contributed by atoms with Crippen LogP contribution in [0.5, 0.6) is 5.75 Å². The van der Waals surface area contributed by atoms with Crippen LogP contribution < -0.4 is 15.4 Å². The van der Waals surface area contributed by atoms with Crippen molar-refractivity contribution in [3.05, 3.63) is 94.4 Å². The van der Waals surface area contributed by atoms with Gasteiger partial charge in [0.05, 0.1) is 29.0 Å². The second-order valence-electron chi connectivity index (χ2n) is 9.04. The smallest absolute Gasteiger partial charge is 0.322 e. The van der Waals surface area contributed by atoms with Crippen LogP contribution in [0.3, 0.4) is 0 Å². The number of amides is 2. The molecule has 0 aliphatic heterocycles. The molecular weight excluding hydrogens is 526 g/mol. The van der Waals surface area contributed by atoms with Crippen LogP contribution >= 0.6 is 23.2 Å². The number of benzene rings is 3. The van der Waals surface area contributed by atoms with Crippen LogP contribution in [-0.2, 0) is 6.54 Å². The summed E-state index contributed by atoms with van der Waals surface area (Å²) in [5.74, 6) is 0.431. The first kappa shape index (κ1) is 27.5. The van der Waals surface area contributed by atoms with Crippen LogP contribution in [0.1, 0.15) is 25.3 Å². The summed E-state index contributed by atoms with van der Waals surface area (Å²) >= 11 is 12.2. The lowest BCUT2D eigenvalue weighted by Gasteiger charge is -2.25. The van der Waals surface area contributed by atoms with Crippen LogP contribution in [0, 0.1) is 5.82 Å². The number of rotatable bonds is 10. The van der Waals surface area contributed by atoms with Crippen molar-refractivity contribution in [2.45, 2.75) is 32.4 Å². The van der Waals surface area contributed by atoms with E-state index in [4.69, 9.17) is 27.9 Å². The van der Waals surface area contributed by atoms with Crippen molar-refractivity contribution in [1.82, 2.24) is 9.88 Å². The number of anilines is 2. The molecule has 2 amide bonds. The van der Waals surface area contributed by atoms with E-state index in [-0.39, 0.29) is 17.9 Å². The third-order valence-electron chi connectivity index (χ3n) is 6.13.